The van der Waals surface area contributed by atoms with Crippen molar-refractivity contribution in [2.24, 2.45) is 5.92 Å². The number of aliphatic carboxylic acids is 1. The maximum Gasteiger partial charge on any atom is 0.410 e. The molecule has 1 amide bonds. The first-order valence-electron chi connectivity index (χ1n) is 7.66. The van der Waals surface area contributed by atoms with Crippen LogP contribution < -0.4 is 4.74 Å². The Morgan fingerprint density at radius 1 is 1.29 bits per heavy atom. The van der Waals surface area contributed by atoms with E-state index in [4.69, 9.17) is 9.47 Å². The van der Waals surface area contributed by atoms with Crippen molar-refractivity contribution < 1.29 is 24.2 Å². The first-order valence-corrected chi connectivity index (χ1v) is 8.46. The number of hydrogen-bond donors (Lipinski definition) is 1. The van der Waals surface area contributed by atoms with Gasteiger partial charge in [0.1, 0.15) is 11.4 Å². The topological polar surface area (TPSA) is 76.1 Å². The maximum atomic E-state index is 12.3. The monoisotopic (exact) mass is 399 g/mol. The van der Waals surface area contributed by atoms with E-state index in [1.165, 1.54) is 4.90 Å². The predicted octanol–water partition coefficient (Wildman–Crippen LogP) is 3.49. The summed E-state index contributed by atoms with van der Waals surface area (Å²) in [4.78, 5) is 25.4. The van der Waals surface area contributed by atoms with Crippen molar-refractivity contribution in [1.29, 1.82) is 0 Å². The van der Waals surface area contributed by atoms with Gasteiger partial charge in [-0.25, -0.2) is 4.79 Å². The molecule has 1 aromatic carbocycles. The normalized spacial score (nSPS) is 20.8. The number of hydrogen-bond acceptors (Lipinski definition) is 4. The minimum atomic E-state index is -0.919. The van der Waals surface area contributed by atoms with Crippen LogP contribution in [-0.4, -0.2) is 47.9 Å². The average Bonchev–Trinajstić information content (AvgIpc) is 2.91. The molecule has 1 aliphatic heterocycles. The number of rotatable bonds is 3. The lowest BCUT2D eigenvalue weighted by Crippen LogP contribution is -2.35. The molecule has 1 aliphatic rings. The van der Waals surface area contributed by atoms with Gasteiger partial charge < -0.3 is 19.5 Å². The third-order valence-electron chi connectivity index (χ3n) is 3.89. The van der Waals surface area contributed by atoms with Crippen LogP contribution in [0.4, 0.5) is 4.79 Å². The number of carboxylic acids is 1. The van der Waals surface area contributed by atoms with Gasteiger partial charge in [-0.2, -0.15) is 0 Å². The standard InChI is InChI=1S/C17H22BrNO5/c1-17(2,3)24-16(22)19-8-11(12(9-19)15(20)21)10-5-6-14(23-4)13(18)7-10/h5-7,11-12H,8-9H2,1-4H3,(H,20,21)/t11-,12+/m0/s1. The molecule has 2 atom stereocenters. The molecule has 0 bridgehead atoms. The van der Waals surface area contributed by atoms with Gasteiger partial charge in [-0.05, 0) is 54.4 Å². The van der Waals surface area contributed by atoms with E-state index in [-0.39, 0.29) is 12.5 Å². The highest BCUT2D eigenvalue weighted by molar-refractivity contribution is 9.10. The Morgan fingerprint density at radius 3 is 2.46 bits per heavy atom. The third-order valence-corrected chi connectivity index (χ3v) is 4.51. The molecule has 0 saturated carbocycles. The second-order valence-corrected chi connectivity index (χ2v) is 7.68. The Balaban J connectivity index is 2.23. The quantitative estimate of drug-likeness (QED) is 0.841. The summed E-state index contributed by atoms with van der Waals surface area (Å²) in [7, 11) is 1.57. The van der Waals surface area contributed by atoms with Crippen LogP contribution in [0, 0.1) is 5.92 Å². The third kappa shape index (κ3) is 4.20. The Hall–Kier alpha value is -1.76. The Morgan fingerprint density at radius 2 is 1.96 bits per heavy atom. The summed E-state index contributed by atoms with van der Waals surface area (Å²) in [5.74, 6) is -1.21. The highest BCUT2D eigenvalue weighted by atomic mass is 79.9. The molecule has 2 rings (SSSR count). The van der Waals surface area contributed by atoms with Gasteiger partial charge in [0.25, 0.3) is 0 Å². The number of nitrogens with zero attached hydrogens (tertiary/aromatic N) is 1. The molecule has 1 N–H and O–H groups in total. The largest absolute Gasteiger partial charge is 0.496 e. The minimum Gasteiger partial charge on any atom is -0.496 e. The fourth-order valence-corrected chi connectivity index (χ4v) is 3.34. The smallest absolute Gasteiger partial charge is 0.410 e. The van der Waals surface area contributed by atoms with Crippen LogP contribution >= 0.6 is 15.9 Å². The SMILES string of the molecule is COc1ccc([C@@H]2CN(C(=O)OC(C)(C)C)C[C@H]2C(=O)O)cc1Br. The number of amides is 1. The zero-order valence-corrected chi connectivity index (χ0v) is 15.8. The van der Waals surface area contributed by atoms with Crippen molar-refractivity contribution in [2.45, 2.75) is 32.3 Å². The van der Waals surface area contributed by atoms with Crippen molar-refractivity contribution in [3.63, 3.8) is 0 Å². The van der Waals surface area contributed by atoms with E-state index < -0.39 is 23.6 Å². The van der Waals surface area contributed by atoms with E-state index in [2.05, 4.69) is 15.9 Å². The summed E-state index contributed by atoms with van der Waals surface area (Å²) < 4.78 is 11.3. The second-order valence-electron chi connectivity index (χ2n) is 6.83. The highest BCUT2D eigenvalue weighted by Crippen LogP contribution is 2.37. The van der Waals surface area contributed by atoms with Crippen molar-refractivity contribution in [3.05, 3.63) is 28.2 Å². The molecular formula is C17H22BrNO5. The molecule has 132 valence electrons. The fraction of sp³-hybridized carbons (Fsp3) is 0.529. The highest BCUT2D eigenvalue weighted by Gasteiger charge is 2.41. The van der Waals surface area contributed by atoms with Crippen molar-refractivity contribution >= 4 is 28.0 Å². The van der Waals surface area contributed by atoms with Crippen LogP contribution in [0.2, 0.25) is 0 Å². The molecule has 1 heterocycles. The molecule has 0 aliphatic carbocycles. The van der Waals surface area contributed by atoms with Gasteiger partial charge in [0.15, 0.2) is 0 Å². The first-order chi connectivity index (χ1) is 11.1. The number of carbonyl (C=O) groups excluding carboxylic acids is 1. The first kappa shape index (κ1) is 18.6. The van der Waals surface area contributed by atoms with Gasteiger partial charge in [0, 0.05) is 19.0 Å². The predicted molar refractivity (Wildman–Crippen MR) is 92.4 cm³/mol. The molecule has 0 aromatic heterocycles. The lowest BCUT2D eigenvalue weighted by molar-refractivity contribution is -0.141. The van der Waals surface area contributed by atoms with Gasteiger partial charge >= 0.3 is 12.1 Å². The van der Waals surface area contributed by atoms with Gasteiger partial charge in [0.05, 0.1) is 17.5 Å². The maximum absolute atomic E-state index is 12.3. The number of ether oxygens (including phenoxy) is 2. The summed E-state index contributed by atoms with van der Waals surface area (Å²) in [5.41, 5.74) is 0.234. The molecule has 24 heavy (non-hydrogen) atoms. The zero-order valence-electron chi connectivity index (χ0n) is 14.2. The van der Waals surface area contributed by atoms with E-state index in [1.807, 2.05) is 12.1 Å². The Bertz CT molecular complexity index is 640. The molecule has 1 fully saturated rings. The Labute approximate surface area is 149 Å². The van der Waals surface area contributed by atoms with Gasteiger partial charge in [-0.1, -0.05) is 6.07 Å². The van der Waals surface area contributed by atoms with Crippen LogP contribution in [0.3, 0.4) is 0 Å². The average molecular weight is 400 g/mol. The van der Waals surface area contributed by atoms with Crippen molar-refractivity contribution in [3.8, 4) is 5.75 Å². The van der Waals surface area contributed by atoms with Gasteiger partial charge in [0.2, 0.25) is 0 Å². The van der Waals surface area contributed by atoms with Crippen LogP contribution in [0.5, 0.6) is 5.75 Å². The molecule has 6 nitrogen and oxygen atoms in total. The molecule has 0 radical (unpaired) electrons. The number of likely N-dealkylation sites (tertiary alicyclic amines) is 1. The Kier molecular flexibility index (Phi) is 5.42. The van der Waals surface area contributed by atoms with Crippen LogP contribution in [0.15, 0.2) is 22.7 Å². The van der Waals surface area contributed by atoms with E-state index in [0.717, 1.165) is 10.0 Å². The molecule has 0 spiro atoms. The summed E-state index contributed by atoms with van der Waals surface area (Å²) in [5, 5.41) is 9.53. The van der Waals surface area contributed by atoms with E-state index >= 15 is 0 Å². The van der Waals surface area contributed by atoms with E-state index in [9.17, 15) is 14.7 Å². The van der Waals surface area contributed by atoms with Gasteiger partial charge in [-0.15, -0.1) is 0 Å². The summed E-state index contributed by atoms with van der Waals surface area (Å²) in [6.07, 6.45) is -0.483. The van der Waals surface area contributed by atoms with Crippen molar-refractivity contribution in [2.75, 3.05) is 20.2 Å². The molecule has 7 heteroatoms. The number of methoxy groups -OCH3 is 1. The van der Waals surface area contributed by atoms with Gasteiger partial charge in [-0.3, -0.25) is 4.79 Å². The summed E-state index contributed by atoms with van der Waals surface area (Å²) in [6, 6.07) is 5.47. The molecule has 0 unspecified atom stereocenters. The lowest BCUT2D eigenvalue weighted by Gasteiger charge is -2.24. The number of carbonyl (C=O) groups is 2. The number of benzene rings is 1. The summed E-state index contributed by atoms with van der Waals surface area (Å²) >= 11 is 3.42. The van der Waals surface area contributed by atoms with E-state index in [0.29, 0.717) is 12.3 Å². The van der Waals surface area contributed by atoms with E-state index in [1.54, 1.807) is 33.9 Å². The lowest BCUT2D eigenvalue weighted by atomic mass is 9.89. The number of halogens is 1. The van der Waals surface area contributed by atoms with Crippen molar-refractivity contribution in [1.82, 2.24) is 4.90 Å². The van der Waals surface area contributed by atoms with Crippen LogP contribution in [0.25, 0.3) is 0 Å². The molecule has 1 saturated heterocycles. The minimum absolute atomic E-state index is 0.137. The van der Waals surface area contributed by atoms with Crippen LogP contribution in [-0.2, 0) is 9.53 Å². The number of carboxylic acid groups (broad SMARTS) is 1. The second kappa shape index (κ2) is 7.01. The van der Waals surface area contributed by atoms with Crippen LogP contribution in [0.1, 0.15) is 32.3 Å². The molecular weight excluding hydrogens is 378 g/mol. The molecule has 1 aromatic rings. The zero-order chi connectivity index (χ0) is 18.1. The summed E-state index contributed by atoms with van der Waals surface area (Å²) in [6.45, 7) is 5.80. The fourth-order valence-electron chi connectivity index (χ4n) is 2.78.